The Morgan fingerprint density at radius 3 is 2.42 bits per heavy atom. The highest BCUT2D eigenvalue weighted by Gasteiger charge is 2.23. The van der Waals surface area contributed by atoms with E-state index in [0.29, 0.717) is 23.6 Å². The normalized spacial score (nSPS) is 11.7. The van der Waals surface area contributed by atoms with Crippen LogP contribution >= 0.6 is 11.6 Å². The first-order valence-electron chi connectivity index (χ1n) is 6.51. The maximum Gasteiger partial charge on any atom is 0.241 e. The number of carbonyl (C=O) groups excluding carboxylic acids is 1. The molecule has 1 amide bonds. The van der Waals surface area contributed by atoms with Crippen LogP contribution in [0.15, 0.2) is 0 Å². The van der Waals surface area contributed by atoms with Crippen molar-refractivity contribution in [1.29, 1.82) is 0 Å². The first kappa shape index (κ1) is 16.0. The first-order valence-corrected chi connectivity index (χ1v) is 6.89. The van der Waals surface area contributed by atoms with Gasteiger partial charge in [0.15, 0.2) is 0 Å². The number of nitrogens with one attached hydrogen (secondary N) is 1. The lowest BCUT2D eigenvalue weighted by atomic mass is 9.98. The van der Waals surface area contributed by atoms with E-state index in [1.54, 1.807) is 11.6 Å². The third-order valence-electron chi connectivity index (χ3n) is 3.52. The van der Waals surface area contributed by atoms with Gasteiger partial charge in [0.1, 0.15) is 6.54 Å². The zero-order valence-corrected chi connectivity index (χ0v) is 12.7. The molecule has 1 rings (SSSR count). The molecule has 0 bridgehead atoms. The predicted octanol–water partition coefficient (Wildman–Crippen LogP) is 1.82. The van der Waals surface area contributed by atoms with Gasteiger partial charge in [0, 0.05) is 6.54 Å². The molecule has 2 N–H and O–H groups in total. The molecule has 1 aromatic heterocycles. The Bertz CT molecular complexity index is 453. The molecule has 0 radical (unpaired) electrons. The smallest absolute Gasteiger partial charge is 0.241 e. The topological polar surface area (TPSA) is 67.2 Å². The lowest BCUT2D eigenvalue weighted by molar-refractivity contribution is -0.123. The van der Waals surface area contributed by atoms with Gasteiger partial charge in [-0.25, -0.2) is 0 Å². The fraction of sp³-hybridized carbons (Fsp3) is 0.692. The van der Waals surface area contributed by atoms with Crippen LogP contribution in [0.3, 0.4) is 0 Å². The third-order valence-corrected chi connectivity index (χ3v) is 4.06. The summed E-state index contributed by atoms with van der Waals surface area (Å²) in [6.45, 7) is 7.79. The Labute approximate surface area is 118 Å². The van der Waals surface area contributed by atoms with Crippen molar-refractivity contribution in [3.8, 4) is 0 Å². The number of aryl methyl sites for hydroxylation is 1. The molecule has 1 aromatic rings. The van der Waals surface area contributed by atoms with Crippen LogP contribution in [0.4, 0.5) is 0 Å². The van der Waals surface area contributed by atoms with Crippen molar-refractivity contribution in [1.82, 2.24) is 15.1 Å². The van der Waals surface area contributed by atoms with Crippen molar-refractivity contribution in [3.63, 3.8) is 0 Å². The van der Waals surface area contributed by atoms with E-state index in [1.165, 1.54) is 0 Å². The van der Waals surface area contributed by atoms with Crippen molar-refractivity contribution in [2.24, 2.45) is 0 Å². The Balaban J connectivity index is 2.59. The van der Waals surface area contributed by atoms with Crippen LogP contribution in [-0.2, 0) is 11.3 Å². The fourth-order valence-electron chi connectivity index (χ4n) is 1.78. The van der Waals surface area contributed by atoms with Crippen molar-refractivity contribution in [2.75, 3.05) is 6.54 Å². The van der Waals surface area contributed by atoms with Gasteiger partial charge in [0.2, 0.25) is 5.91 Å². The van der Waals surface area contributed by atoms with E-state index in [9.17, 15) is 9.90 Å². The average Bonchev–Trinajstić information content (AvgIpc) is 2.63. The Hall–Kier alpha value is -1.07. The molecule has 0 fully saturated rings. The van der Waals surface area contributed by atoms with Gasteiger partial charge in [0.05, 0.1) is 22.0 Å². The van der Waals surface area contributed by atoms with Crippen molar-refractivity contribution in [3.05, 3.63) is 16.4 Å². The van der Waals surface area contributed by atoms with Crippen LogP contribution in [0.5, 0.6) is 0 Å². The largest absolute Gasteiger partial charge is 0.388 e. The van der Waals surface area contributed by atoms with Gasteiger partial charge in [-0.05, 0) is 26.7 Å². The minimum Gasteiger partial charge on any atom is -0.388 e. The van der Waals surface area contributed by atoms with Crippen LogP contribution in [0.25, 0.3) is 0 Å². The van der Waals surface area contributed by atoms with Crippen molar-refractivity contribution in [2.45, 2.75) is 52.7 Å². The maximum atomic E-state index is 11.8. The highest BCUT2D eigenvalue weighted by molar-refractivity contribution is 6.31. The molecule has 0 atom stereocenters. The molecule has 6 heteroatoms. The summed E-state index contributed by atoms with van der Waals surface area (Å²) in [6.07, 6.45) is 1.21. The SMILES string of the molecule is CCC(O)(CC)CNC(=O)Cn1nc(C)c(Cl)c1C. The molecule has 108 valence electrons. The molecular formula is C13H22ClN3O2. The summed E-state index contributed by atoms with van der Waals surface area (Å²) < 4.78 is 1.57. The summed E-state index contributed by atoms with van der Waals surface area (Å²) >= 11 is 6.02. The molecule has 19 heavy (non-hydrogen) atoms. The van der Waals surface area contributed by atoms with E-state index in [1.807, 2.05) is 20.8 Å². The number of hydrogen-bond donors (Lipinski definition) is 2. The van der Waals surface area contributed by atoms with Crippen LogP contribution in [0.2, 0.25) is 5.02 Å². The van der Waals surface area contributed by atoms with Gasteiger partial charge in [-0.2, -0.15) is 5.10 Å². The molecule has 0 saturated heterocycles. The minimum atomic E-state index is -0.831. The van der Waals surface area contributed by atoms with E-state index in [-0.39, 0.29) is 19.0 Å². The second kappa shape index (κ2) is 6.39. The molecular weight excluding hydrogens is 266 g/mol. The molecule has 0 aliphatic heterocycles. The van der Waals surface area contributed by atoms with E-state index >= 15 is 0 Å². The van der Waals surface area contributed by atoms with Gasteiger partial charge in [-0.3, -0.25) is 9.48 Å². The van der Waals surface area contributed by atoms with E-state index in [2.05, 4.69) is 10.4 Å². The second-order valence-electron chi connectivity index (χ2n) is 4.85. The summed E-state index contributed by atoms with van der Waals surface area (Å²) in [5, 5.41) is 17.6. The number of nitrogens with zero attached hydrogens (tertiary/aromatic N) is 2. The summed E-state index contributed by atoms with van der Waals surface area (Å²) in [7, 11) is 0. The zero-order chi connectivity index (χ0) is 14.6. The second-order valence-corrected chi connectivity index (χ2v) is 5.23. The van der Waals surface area contributed by atoms with E-state index in [0.717, 1.165) is 5.69 Å². The third kappa shape index (κ3) is 3.94. The Morgan fingerprint density at radius 2 is 2.00 bits per heavy atom. The molecule has 0 saturated carbocycles. The van der Waals surface area contributed by atoms with Gasteiger partial charge in [-0.1, -0.05) is 25.4 Å². The number of aliphatic hydroxyl groups is 1. The maximum absolute atomic E-state index is 11.8. The fourth-order valence-corrected chi connectivity index (χ4v) is 1.92. The van der Waals surface area contributed by atoms with Gasteiger partial charge in [-0.15, -0.1) is 0 Å². The van der Waals surface area contributed by atoms with Crippen LogP contribution in [0.1, 0.15) is 38.1 Å². The summed E-state index contributed by atoms with van der Waals surface area (Å²) in [6, 6.07) is 0. The Morgan fingerprint density at radius 1 is 1.42 bits per heavy atom. The van der Waals surface area contributed by atoms with Gasteiger partial charge in [0.25, 0.3) is 0 Å². The number of rotatable bonds is 6. The number of carbonyl (C=O) groups is 1. The quantitative estimate of drug-likeness (QED) is 0.839. The molecule has 0 spiro atoms. The predicted molar refractivity (Wildman–Crippen MR) is 75.3 cm³/mol. The summed E-state index contributed by atoms with van der Waals surface area (Å²) in [4.78, 5) is 11.8. The van der Waals surface area contributed by atoms with Crippen LogP contribution in [-0.4, -0.2) is 32.9 Å². The summed E-state index contributed by atoms with van der Waals surface area (Å²) in [5.41, 5.74) is 0.656. The average molecular weight is 288 g/mol. The molecule has 1 heterocycles. The summed E-state index contributed by atoms with van der Waals surface area (Å²) in [5.74, 6) is -0.178. The van der Waals surface area contributed by atoms with Crippen LogP contribution < -0.4 is 5.32 Å². The minimum absolute atomic E-state index is 0.114. The van der Waals surface area contributed by atoms with Gasteiger partial charge < -0.3 is 10.4 Å². The monoisotopic (exact) mass is 287 g/mol. The van der Waals surface area contributed by atoms with Crippen molar-refractivity contribution >= 4 is 17.5 Å². The van der Waals surface area contributed by atoms with Crippen LogP contribution in [0, 0.1) is 13.8 Å². The van der Waals surface area contributed by atoms with E-state index in [4.69, 9.17) is 11.6 Å². The zero-order valence-electron chi connectivity index (χ0n) is 12.0. The highest BCUT2D eigenvalue weighted by atomic mass is 35.5. The molecule has 0 aliphatic carbocycles. The number of aromatic nitrogens is 2. The molecule has 0 aliphatic rings. The lowest BCUT2D eigenvalue weighted by Gasteiger charge is -2.25. The Kier molecular flexibility index (Phi) is 5.38. The van der Waals surface area contributed by atoms with Gasteiger partial charge >= 0.3 is 0 Å². The first-order chi connectivity index (χ1) is 8.83. The molecule has 0 aromatic carbocycles. The van der Waals surface area contributed by atoms with Crippen molar-refractivity contribution < 1.29 is 9.90 Å². The highest BCUT2D eigenvalue weighted by Crippen LogP contribution is 2.18. The molecule has 5 nitrogen and oxygen atoms in total. The standard InChI is InChI=1S/C13H22ClN3O2/c1-5-13(19,6-2)8-15-11(18)7-17-10(4)12(14)9(3)16-17/h19H,5-8H2,1-4H3,(H,15,18). The van der Waals surface area contributed by atoms with E-state index < -0.39 is 5.60 Å². The number of halogens is 1. The number of hydrogen-bond acceptors (Lipinski definition) is 3. The molecule has 0 unspecified atom stereocenters. The lowest BCUT2D eigenvalue weighted by Crippen LogP contribution is -2.43. The number of amides is 1.